The Hall–Kier alpha value is -1.36. The molecule has 0 amide bonds. The van der Waals surface area contributed by atoms with Crippen LogP contribution in [0.15, 0.2) is 30.5 Å². The maximum atomic E-state index is 6.08. The van der Waals surface area contributed by atoms with Crippen LogP contribution < -0.4 is 5.32 Å². The van der Waals surface area contributed by atoms with Crippen molar-refractivity contribution in [3.8, 4) is 0 Å². The Morgan fingerprint density at radius 3 is 2.67 bits per heavy atom. The van der Waals surface area contributed by atoms with Gasteiger partial charge in [0.05, 0.1) is 18.7 Å². The Morgan fingerprint density at radius 1 is 1.08 bits per heavy atom. The van der Waals surface area contributed by atoms with E-state index >= 15 is 0 Å². The molecule has 1 aliphatic heterocycles. The number of aromatic nitrogens is 1. The van der Waals surface area contributed by atoms with Crippen LogP contribution in [0.4, 0.5) is 5.69 Å². The summed E-state index contributed by atoms with van der Waals surface area (Å²) >= 11 is 6.08. The number of ether oxygens (including phenoxy) is 1. The minimum Gasteiger partial charge on any atom is -0.382 e. The largest absolute Gasteiger partial charge is 0.382 e. The second kappa shape index (κ2) is 7.26. The number of hydrogen-bond acceptors (Lipinski definition) is 4. The summed E-state index contributed by atoms with van der Waals surface area (Å²) in [5.74, 6) is 0. The summed E-state index contributed by atoms with van der Waals surface area (Å²) in [6.45, 7) is 3.98. The maximum absolute atomic E-state index is 6.08. The third-order valence-corrected chi connectivity index (χ3v) is 5.56. The van der Waals surface area contributed by atoms with Crippen LogP contribution in [0.3, 0.4) is 0 Å². The van der Waals surface area contributed by atoms with Gasteiger partial charge >= 0.3 is 0 Å². The van der Waals surface area contributed by atoms with E-state index in [9.17, 15) is 0 Å². The average molecular weight is 346 g/mol. The van der Waals surface area contributed by atoms with Gasteiger partial charge in [0, 0.05) is 47.5 Å². The lowest BCUT2D eigenvalue weighted by atomic mass is 9.89. The minimum atomic E-state index is 0.545. The first-order valence-corrected chi connectivity index (χ1v) is 9.30. The van der Waals surface area contributed by atoms with Crippen LogP contribution in [-0.2, 0) is 4.74 Å². The lowest BCUT2D eigenvalue weighted by molar-refractivity contribution is 0.00791. The molecule has 1 aliphatic carbocycles. The Bertz CT molecular complexity index is 694. The van der Waals surface area contributed by atoms with Gasteiger partial charge in [-0.3, -0.25) is 9.88 Å². The smallest absolute Gasteiger partial charge is 0.0737 e. The molecular weight excluding hydrogens is 322 g/mol. The predicted molar refractivity (Wildman–Crippen MR) is 98.8 cm³/mol. The second-order valence-electron chi connectivity index (χ2n) is 6.82. The van der Waals surface area contributed by atoms with E-state index in [0.29, 0.717) is 6.04 Å². The first-order chi connectivity index (χ1) is 11.8. The van der Waals surface area contributed by atoms with Gasteiger partial charge < -0.3 is 10.1 Å². The van der Waals surface area contributed by atoms with Crippen LogP contribution >= 0.6 is 11.6 Å². The molecule has 1 saturated heterocycles. The third-order valence-electron chi connectivity index (χ3n) is 5.32. The fourth-order valence-corrected chi connectivity index (χ4v) is 4.16. The lowest BCUT2D eigenvalue weighted by Crippen LogP contribution is -2.46. The van der Waals surface area contributed by atoms with Gasteiger partial charge in [0.25, 0.3) is 0 Å². The SMILES string of the molecule is Clc1ccc2c(NC3CCC(N4CCOCC4)CC3)ccnc2c1. The summed E-state index contributed by atoms with van der Waals surface area (Å²) in [4.78, 5) is 7.04. The number of hydrogen-bond donors (Lipinski definition) is 1. The normalized spacial score (nSPS) is 25.7. The molecule has 4 rings (SSSR count). The number of benzene rings is 1. The summed E-state index contributed by atoms with van der Waals surface area (Å²) in [5.41, 5.74) is 2.13. The van der Waals surface area contributed by atoms with Crippen molar-refractivity contribution in [1.29, 1.82) is 0 Å². The van der Waals surface area contributed by atoms with Crippen LogP contribution in [0.1, 0.15) is 25.7 Å². The molecule has 2 aromatic rings. The molecule has 24 heavy (non-hydrogen) atoms. The molecule has 2 aliphatic rings. The van der Waals surface area contributed by atoms with E-state index in [1.54, 1.807) is 0 Å². The Labute approximate surface area is 148 Å². The minimum absolute atomic E-state index is 0.545. The number of anilines is 1. The first-order valence-electron chi connectivity index (χ1n) is 8.92. The highest BCUT2D eigenvalue weighted by molar-refractivity contribution is 6.31. The van der Waals surface area contributed by atoms with E-state index in [-0.39, 0.29) is 0 Å². The van der Waals surface area contributed by atoms with E-state index in [1.165, 1.54) is 31.4 Å². The Morgan fingerprint density at radius 2 is 1.88 bits per heavy atom. The van der Waals surface area contributed by atoms with Gasteiger partial charge in [0.1, 0.15) is 0 Å². The van der Waals surface area contributed by atoms with Gasteiger partial charge in [-0.1, -0.05) is 11.6 Å². The van der Waals surface area contributed by atoms with Crippen LogP contribution in [0.2, 0.25) is 5.02 Å². The summed E-state index contributed by atoms with van der Waals surface area (Å²) in [6, 6.07) is 9.28. The van der Waals surface area contributed by atoms with Crippen molar-refractivity contribution in [2.75, 3.05) is 31.6 Å². The van der Waals surface area contributed by atoms with Gasteiger partial charge in [-0.2, -0.15) is 0 Å². The summed E-state index contributed by atoms with van der Waals surface area (Å²) < 4.78 is 5.47. The average Bonchev–Trinajstić information content (AvgIpc) is 2.63. The Kier molecular flexibility index (Phi) is 4.88. The zero-order chi connectivity index (χ0) is 16.4. The lowest BCUT2D eigenvalue weighted by Gasteiger charge is -2.39. The van der Waals surface area contributed by atoms with Crippen molar-refractivity contribution in [3.05, 3.63) is 35.5 Å². The van der Waals surface area contributed by atoms with Crippen molar-refractivity contribution in [2.24, 2.45) is 0 Å². The van der Waals surface area contributed by atoms with E-state index in [4.69, 9.17) is 16.3 Å². The Balaban J connectivity index is 1.40. The zero-order valence-electron chi connectivity index (χ0n) is 13.9. The number of pyridine rings is 1. The molecule has 1 saturated carbocycles. The van der Waals surface area contributed by atoms with Crippen LogP contribution in [-0.4, -0.2) is 48.3 Å². The fraction of sp³-hybridized carbons (Fsp3) is 0.526. The standard InChI is InChI=1S/C19H24ClN3O/c20-14-1-6-17-18(7-8-21-19(17)13-14)22-15-2-4-16(5-3-15)23-9-11-24-12-10-23/h1,6-8,13,15-16H,2-5,9-12H2,(H,21,22). The van der Waals surface area contributed by atoms with Crippen molar-refractivity contribution in [1.82, 2.24) is 9.88 Å². The highest BCUT2D eigenvalue weighted by atomic mass is 35.5. The quantitative estimate of drug-likeness (QED) is 0.914. The highest BCUT2D eigenvalue weighted by Gasteiger charge is 2.27. The molecular formula is C19H24ClN3O. The van der Waals surface area contributed by atoms with Crippen molar-refractivity contribution in [2.45, 2.75) is 37.8 Å². The maximum Gasteiger partial charge on any atom is 0.0737 e. The van der Waals surface area contributed by atoms with Gasteiger partial charge in [-0.05, 0) is 49.9 Å². The monoisotopic (exact) mass is 345 g/mol. The summed E-state index contributed by atoms with van der Waals surface area (Å²) in [5, 5.41) is 5.63. The van der Waals surface area contributed by atoms with Crippen molar-refractivity contribution in [3.63, 3.8) is 0 Å². The zero-order valence-corrected chi connectivity index (χ0v) is 14.6. The number of rotatable bonds is 3. The molecule has 5 heteroatoms. The van der Waals surface area contributed by atoms with E-state index < -0.39 is 0 Å². The highest BCUT2D eigenvalue weighted by Crippen LogP contribution is 2.29. The second-order valence-corrected chi connectivity index (χ2v) is 7.25. The molecule has 1 N–H and O–H groups in total. The van der Waals surface area contributed by atoms with Crippen molar-refractivity contribution < 1.29 is 4.74 Å². The molecule has 4 nitrogen and oxygen atoms in total. The van der Waals surface area contributed by atoms with Crippen LogP contribution in [0.25, 0.3) is 10.9 Å². The van der Waals surface area contributed by atoms with Gasteiger partial charge in [0.2, 0.25) is 0 Å². The summed E-state index contributed by atoms with van der Waals surface area (Å²) in [6.07, 6.45) is 6.85. The molecule has 0 atom stereocenters. The molecule has 0 spiro atoms. The van der Waals surface area contributed by atoms with E-state index in [0.717, 1.165) is 48.3 Å². The third kappa shape index (κ3) is 3.51. The molecule has 1 aromatic heterocycles. The number of morpholine rings is 1. The fourth-order valence-electron chi connectivity index (χ4n) is 3.99. The number of fused-ring (bicyclic) bond motifs is 1. The van der Waals surface area contributed by atoms with Crippen LogP contribution in [0, 0.1) is 0 Å². The molecule has 0 bridgehead atoms. The topological polar surface area (TPSA) is 37.4 Å². The molecule has 1 aromatic carbocycles. The van der Waals surface area contributed by atoms with Crippen molar-refractivity contribution >= 4 is 28.2 Å². The molecule has 2 fully saturated rings. The first kappa shape index (κ1) is 16.1. The predicted octanol–water partition coefficient (Wildman–Crippen LogP) is 3.94. The van der Waals surface area contributed by atoms with Gasteiger partial charge in [0.15, 0.2) is 0 Å². The van der Waals surface area contributed by atoms with Crippen LogP contribution in [0.5, 0.6) is 0 Å². The number of nitrogens with one attached hydrogen (secondary N) is 1. The molecule has 2 heterocycles. The number of nitrogens with zero attached hydrogens (tertiary/aromatic N) is 2. The molecule has 128 valence electrons. The van der Waals surface area contributed by atoms with Gasteiger partial charge in [-0.15, -0.1) is 0 Å². The summed E-state index contributed by atoms with van der Waals surface area (Å²) in [7, 11) is 0. The van der Waals surface area contributed by atoms with Gasteiger partial charge in [-0.25, -0.2) is 0 Å². The molecule has 0 unspecified atom stereocenters. The van der Waals surface area contributed by atoms with E-state index in [1.807, 2.05) is 18.3 Å². The van der Waals surface area contributed by atoms with E-state index in [2.05, 4.69) is 27.3 Å². The number of halogens is 1. The molecule has 0 radical (unpaired) electrons.